The summed E-state index contributed by atoms with van der Waals surface area (Å²) in [7, 11) is -7.82. The summed E-state index contributed by atoms with van der Waals surface area (Å²) in [4.78, 5) is 0.540. The topological polar surface area (TPSA) is 107 Å². The zero-order valence-electron chi connectivity index (χ0n) is 17.6. The Hall–Kier alpha value is -2.31. The summed E-state index contributed by atoms with van der Waals surface area (Å²) < 4.78 is 73.0. The number of sulfonamides is 1. The van der Waals surface area contributed by atoms with Crippen LogP contribution in [0.4, 0.5) is 4.39 Å². The van der Waals surface area contributed by atoms with Crippen molar-refractivity contribution in [3.8, 4) is 5.75 Å². The van der Waals surface area contributed by atoms with Crippen molar-refractivity contribution in [1.82, 2.24) is 4.31 Å². The van der Waals surface area contributed by atoms with Gasteiger partial charge in [0.05, 0.1) is 15.8 Å². The fraction of sp³-hybridized carbons (Fsp3) is 0.273. The van der Waals surface area contributed by atoms with Gasteiger partial charge in [0.15, 0.2) is 0 Å². The molecule has 1 unspecified atom stereocenters. The molecular formula is C22H23FN2O5S3. The van der Waals surface area contributed by atoms with Gasteiger partial charge in [-0.25, -0.2) is 21.2 Å². The van der Waals surface area contributed by atoms with Crippen LogP contribution in [0.3, 0.4) is 0 Å². The molecule has 1 fully saturated rings. The highest BCUT2D eigenvalue weighted by atomic mass is 32.2. The van der Waals surface area contributed by atoms with Crippen LogP contribution in [0.1, 0.15) is 17.7 Å². The molecule has 1 aromatic heterocycles. The molecule has 1 saturated heterocycles. The molecule has 0 amide bonds. The number of nitrogens with two attached hydrogens (primary N) is 1. The van der Waals surface area contributed by atoms with Crippen LogP contribution in [0.5, 0.6) is 5.75 Å². The normalized spacial score (nSPS) is 17.3. The number of rotatable bonds is 8. The van der Waals surface area contributed by atoms with Gasteiger partial charge in [-0.05, 0) is 67.4 Å². The standard InChI is InChI=1S/C22H23FN2O5S3/c23-16-6-8-18(9-7-16)30-15-17-3-2-12-25(17)33(28,29)21-5-1-4-20(13-21)32(26,27)22-11-10-19(14-24)31-22/h1,4-11,13,17H,2-3,12,14-15,24H2. The van der Waals surface area contributed by atoms with E-state index in [2.05, 4.69) is 0 Å². The van der Waals surface area contributed by atoms with Crippen molar-refractivity contribution in [2.45, 2.75) is 39.4 Å². The zero-order valence-corrected chi connectivity index (χ0v) is 20.0. The second-order valence-electron chi connectivity index (χ2n) is 7.58. The predicted molar refractivity (Wildman–Crippen MR) is 123 cm³/mol. The number of nitrogens with zero attached hydrogens (tertiary/aromatic N) is 1. The van der Waals surface area contributed by atoms with E-state index < -0.39 is 25.9 Å². The van der Waals surface area contributed by atoms with E-state index in [4.69, 9.17) is 10.5 Å². The van der Waals surface area contributed by atoms with Crippen molar-refractivity contribution in [2.24, 2.45) is 5.73 Å². The number of thiophene rings is 1. The first-order chi connectivity index (χ1) is 15.7. The minimum Gasteiger partial charge on any atom is -0.492 e. The van der Waals surface area contributed by atoms with Crippen LogP contribution in [0, 0.1) is 5.82 Å². The molecule has 1 atom stereocenters. The van der Waals surface area contributed by atoms with E-state index in [9.17, 15) is 21.2 Å². The third-order valence-electron chi connectivity index (χ3n) is 5.40. The second kappa shape index (κ2) is 9.51. The first kappa shape index (κ1) is 23.8. The molecule has 0 bridgehead atoms. The van der Waals surface area contributed by atoms with Gasteiger partial charge in [-0.15, -0.1) is 11.3 Å². The van der Waals surface area contributed by atoms with Crippen molar-refractivity contribution in [2.75, 3.05) is 13.2 Å². The van der Waals surface area contributed by atoms with Crippen molar-refractivity contribution in [3.63, 3.8) is 0 Å². The van der Waals surface area contributed by atoms with Gasteiger partial charge in [0.1, 0.15) is 22.4 Å². The minimum absolute atomic E-state index is 0.0899. The Morgan fingerprint density at radius 1 is 1.03 bits per heavy atom. The highest BCUT2D eigenvalue weighted by Gasteiger charge is 2.36. The summed E-state index contributed by atoms with van der Waals surface area (Å²) in [5, 5.41) is 0. The highest BCUT2D eigenvalue weighted by Crippen LogP contribution is 2.31. The smallest absolute Gasteiger partial charge is 0.243 e. The Morgan fingerprint density at radius 2 is 1.76 bits per heavy atom. The average Bonchev–Trinajstić information content (AvgIpc) is 3.49. The Bertz CT molecular complexity index is 1340. The largest absolute Gasteiger partial charge is 0.492 e. The van der Waals surface area contributed by atoms with Gasteiger partial charge in [0, 0.05) is 18.0 Å². The van der Waals surface area contributed by atoms with Gasteiger partial charge in [-0.3, -0.25) is 0 Å². The molecule has 2 heterocycles. The van der Waals surface area contributed by atoms with Crippen LogP contribution < -0.4 is 10.5 Å². The molecule has 2 N–H and O–H groups in total. The molecular weight excluding hydrogens is 487 g/mol. The molecule has 1 aliphatic heterocycles. The number of benzene rings is 2. The number of hydrogen-bond donors (Lipinski definition) is 1. The van der Waals surface area contributed by atoms with Gasteiger partial charge in [-0.2, -0.15) is 4.31 Å². The lowest BCUT2D eigenvalue weighted by atomic mass is 10.2. The van der Waals surface area contributed by atoms with E-state index in [1.165, 1.54) is 58.9 Å². The summed E-state index contributed by atoms with van der Waals surface area (Å²) in [5.74, 6) is 0.0607. The average molecular weight is 511 g/mol. The van der Waals surface area contributed by atoms with Crippen LogP contribution in [-0.4, -0.2) is 40.3 Å². The van der Waals surface area contributed by atoms with E-state index in [0.29, 0.717) is 25.1 Å². The fourth-order valence-corrected chi connectivity index (χ4v) is 8.16. The van der Waals surface area contributed by atoms with E-state index in [1.807, 2.05) is 0 Å². The Balaban J connectivity index is 1.57. The summed E-state index contributed by atoms with van der Waals surface area (Å²) in [6.07, 6.45) is 1.27. The summed E-state index contributed by atoms with van der Waals surface area (Å²) in [6.45, 7) is 0.645. The quantitative estimate of drug-likeness (QED) is 0.498. The van der Waals surface area contributed by atoms with Crippen LogP contribution in [-0.2, 0) is 26.4 Å². The maximum absolute atomic E-state index is 13.4. The molecule has 176 valence electrons. The summed E-state index contributed by atoms with van der Waals surface area (Å²) in [5.41, 5.74) is 5.58. The van der Waals surface area contributed by atoms with Crippen LogP contribution in [0.25, 0.3) is 0 Å². The lowest BCUT2D eigenvalue weighted by Gasteiger charge is -2.24. The molecule has 1 aliphatic rings. The molecule has 11 heteroatoms. The van der Waals surface area contributed by atoms with Gasteiger partial charge in [-0.1, -0.05) is 6.07 Å². The van der Waals surface area contributed by atoms with E-state index in [-0.39, 0.29) is 33.0 Å². The summed E-state index contributed by atoms with van der Waals surface area (Å²) >= 11 is 1.07. The molecule has 0 spiro atoms. The molecule has 0 aliphatic carbocycles. The van der Waals surface area contributed by atoms with Gasteiger partial charge >= 0.3 is 0 Å². The first-order valence-corrected chi connectivity index (χ1v) is 14.0. The molecule has 7 nitrogen and oxygen atoms in total. The van der Waals surface area contributed by atoms with Crippen LogP contribution in [0.2, 0.25) is 0 Å². The van der Waals surface area contributed by atoms with Gasteiger partial charge in [0.2, 0.25) is 19.9 Å². The SMILES string of the molecule is NCc1ccc(S(=O)(=O)c2cccc(S(=O)(=O)N3CCCC3COc3ccc(F)cc3)c2)s1. The molecule has 0 saturated carbocycles. The minimum atomic E-state index is -3.95. The molecule has 3 aromatic rings. The number of halogens is 1. The van der Waals surface area contributed by atoms with Crippen molar-refractivity contribution in [3.05, 3.63) is 71.4 Å². The summed E-state index contributed by atoms with van der Waals surface area (Å²) in [6, 6.07) is 13.6. The lowest BCUT2D eigenvalue weighted by Crippen LogP contribution is -2.39. The maximum atomic E-state index is 13.4. The third-order valence-corrected chi connectivity index (χ3v) is 10.7. The van der Waals surface area contributed by atoms with Crippen molar-refractivity contribution < 1.29 is 26.0 Å². The Kier molecular flexibility index (Phi) is 6.87. The molecule has 0 radical (unpaired) electrons. The zero-order chi connectivity index (χ0) is 23.6. The molecule has 33 heavy (non-hydrogen) atoms. The van der Waals surface area contributed by atoms with Crippen LogP contribution in [0.15, 0.2) is 74.7 Å². The number of sulfone groups is 1. The van der Waals surface area contributed by atoms with Crippen LogP contribution >= 0.6 is 11.3 Å². The molecule has 4 rings (SSSR count). The van der Waals surface area contributed by atoms with Crippen molar-refractivity contribution >= 4 is 31.2 Å². The number of ether oxygens (including phenoxy) is 1. The maximum Gasteiger partial charge on any atom is 0.243 e. The Labute approximate surface area is 196 Å². The fourth-order valence-electron chi connectivity index (χ4n) is 3.68. The van der Waals surface area contributed by atoms with E-state index in [1.54, 1.807) is 6.07 Å². The monoisotopic (exact) mass is 510 g/mol. The lowest BCUT2D eigenvalue weighted by molar-refractivity contribution is 0.232. The highest BCUT2D eigenvalue weighted by molar-refractivity contribution is 7.93. The molecule has 2 aromatic carbocycles. The van der Waals surface area contributed by atoms with Gasteiger partial charge < -0.3 is 10.5 Å². The first-order valence-electron chi connectivity index (χ1n) is 10.3. The van der Waals surface area contributed by atoms with E-state index in [0.717, 1.165) is 16.2 Å². The predicted octanol–water partition coefficient (Wildman–Crippen LogP) is 3.41. The second-order valence-corrected chi connectivity index (χ2v) is 12.8. The van der Waals surface area contributed by atoms with E-state index >= 15 is 0 Å². The Morgan fingerprint density at radius 3 is 2.45 bits per heavy atom. The van der Waals surface area contributed by atoms with Crippen molar-refractivity contribution in [1.29, 1.82) is 0 Å². The number of hydrogen-bond acceptors (Lipinski definition) is 7. The third kappa shape index (κ3) is 4.97. The van der Waals surface area contributed by atoms with Gasteiger partial charge in [0.25, 0.3) is 0 Å².